The highest BCUT2D eigenvalue weighted by Gasteiger charge is 2.18. The number of fused-ring (bicyclic) bond motifs is 3. The molecule has 118 valence electrons. The van der Waals surface area contributed by atoms with Crippen molar-refractivity contribution >= 4 is 28.0 Å². The monoisotopic (exact) mass is 312 g/mol. The molecule has 7 heteroatoms. The summed E-state index contributed by atoms with van der Waals surface area (Å²) in [6.45, 7) is 2.42. The fourth-order valence-electron chi connectivity index (χ4n) is 2.69. The van der Waals surface area contributed by atoms with Crippen molar-refractivity contribution in [3.63, 3.8) is 0 Å². The SMILES string of the molecule is O=C(Cn1cnc2c(oc3ccccc32)c1=O)NCC1CNC1. The van der Waals surface area contributed by atoms with Crippen molar-refractivity contribution in [2.24, 2.45) is 5.92 Å². The molecule has 0 aliphatic carbocycles. The van der Waals surface area contributed by atoms with Gasteiger partial charge in [-0.05, 0) is 12.1 Å². The van der Waals surface area contributed by atoms with Gasteiger partial charge in [0.25, 0.3) is 5.56 Å². The number of hydrogen-bond acceptors (Lipinski definition) is 5. The molecule has 0 saturated carbocycles. The summed E-state index contributed by atoms with van der Waals surface area (Å²) in [6, 6.07) is 7.36. The van der Waals surface area contributed by atoms with Crippen LogP contribution in [0.15, 0.2) is 39.8 Å². The molecule has 1 aliphatic rings. The number of para-hydroxylation sites is 1. The molecule has 1 aromatic carbocycles. The Morgan fingerprint density at radius 2 is 2.22 bits per heavy atom. The van der Waals surface area contributed by atoms with Crippen molar-refractivity contribution in [2.45, 2.75) is 6.54 Å². The van der Waals surface area contributed by atoms with E-state index in [1.165, 1.54) is 10.9 Å². The molecular formula is C16H16N4O3. The standard InChI is InChI=1S/C16H16N4O3/c21-13(18-7-10-5-17-6-10)8-20-9-19-14-11-3-1-2-4-12(11)23-15(14)16(20)22/h1-4,9-10,17H,5-8H2,(H,18,21). The maximum Gasteiger partial charge on any atom is 0.297 e. The molecule has 1 amide bonds. The van der Waals surface area contributed by atoms with Gasteiger partial charge in [-0.2, -0.15) is 0 Å². The lowest BCUT2D eigenvalue weighted by Crippen LogP contribution is -2.48. The summed E-state index contributed by atoms with van der Waals surface area (Å²) >= 11 is 0. The minimum Gasteiger partial charge on any atom is -0.448 e. The number of hydrogen-bond donors (Lipinski definition) is 2. The molecule has 7 nitrogen and oxygen atoms in total. The Bertz CT molecular complexity index is 939. The summed E-state index contributed by atoms with van der Waals surface area (Å²) in [5, 5.41) is 6.79. The van der Waals surface area contributed by atoms with Gasteiger partial charge in [0.05, 0.1) is 6.33 Å². The number of furan rings is 1. The summed E-state index contributed by atoms with van der Waals surface area (Å²) in [6.07, 6.45) is 1.40. The Hall–Kier alpha value is -2.67. The zero-order valence-corrected chi connectivity index (χ0v) is 12.4. The molecular weight excluding hydrogens is 296 g/mol. The Balaban J connectivity index is 1.60. The molecule has 2 N–H and O–H groups in total. The van der Waals surface area contributed by atoms with Crippen molar-refractivity contribution in [3.05, 3.63) is 40.9 Å². The molecule has 3 aromatic rings. The predicted molar refractivity (Wildman–Crippen MR) is 85.1 cm³/mol. The lowest BCUT2D eigenvalue weighted by atomic mass is 10.0. The summed E-state index contributed by atoms with van der Waals surface area (Å²) < 4.78 is 6.87. The number of nitrogens with one attached hydrogen (secondary N) is 2. The normalized spacial score (nSPS) is 15.0. The number of carbonyl (C=O) groups excluding carboxylic acids is 1. The Kier molecular flexibility index (Phi) is 3.34. The highest BCUT2D eigenvalue weighted by molar-refractivity contribution is 6.01. The van der Waals surface area contributed by atoms with E-state index in [1.807, 2.05) is 18.2 Å². The van der Waals surface area contributed by atoms with Crippen molar-refractivity contribution in [2.75, 3.05) is 19.6 Å². The van der Waals surface area contributed by atoms with Gasteiger partial charge < -0.3 is 15.1 Å². The lowest BCUT2D eigenvalue weighted by molar-refractivity contribution is -0.122. The molecule has 0 bridgehead atoms. The van der Waals surface area contributed by atoms with Crippen LogP contribution in [0.1, 0.15) is 0 Å². The second-order valence-corrected chi connectivity index (χ2v) is 5.78. The molecule has 2 aromatic heterocycles. The molecule has 1 aliphatic heterocycles. The summed E-state index contributed by atoms with van der Waals surface area (Å²) in [7, 11) is 0. The summed E-state index contributed by atoms with van der Waals surface area (Å²) in [5.74, 6) is 0.280. The van der Waals surface area contributed by atoms with Gasteiger partial charge in [0, 0.05) is 30.9 Å². The first kappa shape index (κ1) is 14.0. The quantitative estimate of drug-likeness (QED) is 0.731. The van der Waals surface area contributed by atoms with Crippen LogP contribution >= 0.6 is 0 Å². The van der Waals surface area contributed by atoms with Gasteiger partial charge >= 0.3 is 0 Å². The van der Waals surface area contributed by atoms with Gasteiger partial charge in [-0.25, -0.2) is 4.98 Å². The van der Waals surface area contributed by atoms with Gasteiger partial charge in [0.15, 0.2) is 0 Å². The number of carbonyl (C=O) groups is 1. The van der Waals surface area contributed by atoms with Gasteiger partial charge in [0.1, 0.15) is 17.6 Å². The van der Waals surface area contributed by atoms with E-state index < -0.39 is 0 Å². The first-order valence-corrected chi connectivity index (χ1v) is 7.56. The lowest BCUT2D eigenvalue weighted by Gasteiger charge is -2.27. The van der Waals surface area contributed by atoms with Crippen molar-refractivity contribution in [1.29, 1.82) is 0 Å². The van der Waals surface area contributed by atoms with E-state index in [9.17, 15) is 9.59 Å². The Morgan fingerprint density at radius 1 is 1.39 bits per heavy atom. The molecule has 0 unspecified atom stereocenters. The van der Waals surface area contributed by atoms with Crippen molar-refractivity contribution < 1.29 is 9.21 Å². The topological polar surface area (TPSA) is 89.2 Å². The zero-order valence-electron chi connectivity index (χ0n) is 12.4. The molecule has 0 radical (unpaired) electrons. The van der Waals surface area contributed by atoms with Gasteiger partial charge in [-0.1, -0.05) is 12.1 Å². The summed E-state index contributed by atoms with van der Waals surface area (Å²) in [5.41, 5.74) is 0.992. The van der Waals surface area contributed by atoms with Crippen LogP contribution in [0.5, 0.6) is 0 Å². The minimum absolute atomic E-state index is 0.0566. The first-order chi connectivity index (χ1) is 11.2. The molecule has 4 rings (SSSR count). The fourth-order valence-corrected chi connectivity index (χ4v) is 2.69. The maximum absolute atomic E-state index is 12.5. The van der Waals surface area contributed by atoms with E-state index in [-0.39, 0.29) is 23.6 Å². The van der Waals surface area contributed by atoms with Crippen LogP contribution in [0.3, 0.4) is 0 Å². The maximum atomic E-state index is 12.5. The van der Waals surface area contributed by atoms with Gasteiger partial charge in [-0.15, -0.1) is 0 Å². The third-order valence-corrected chi connectivity index (χ3v) is 4.12. The molecule has 1 saturated heterocycles. The van der Waals surface area contributed by atoms with Gasteiger partial charge in [-0.3, -0.25) is 14.2 Å². The zero-order chi connectivity index (χ0) is 15.8. The van der Waals surface area contributed by atoms with Crippen LogP contribution in [-0.2, 0) is 11.3 Å². The highest BCUT2D eigenvalue weighted by Crippen LogP contribution is 2.23. The Labute approximate surface area is 131 Å². The predicted octanol–water partition coefficient (Wildman–Crippen LogP) is 0.478. The van der Waals surface area contributed by atoms with Crippen LogP contribution in [-0.4, -0.2) is 35.1 Å². The number of benzene rings is 1. The van der Waals surface area contributed by atoms with Crippen LogP contribution in [0.2, 0.25) is 0 Å². The van der Waals surface area contributed by atoms with E-state index in [4.69, 9.17) is 4.42 Å². The molecule has 0 spiro atoms. The number of rotatable bonds is 4. The van der Waals surface area contributed by atoms with Crippen LogP contribution < -0.4 is 16.2 Å². The average Bonchev–Trinajstić information content (AvgIpc) is 2.88. The van der Waals surface area contributed by atoms with Crippen LogP contribution in [0.4, 0.5) is 0 Å². The summed E-state index contributed by atoms with van der Waals surface area (Å²) in [4.78, 5) is 28.7. The number of nitrogens with zero attached hydrogens (tertiary/aromatic N) is 2. The molecule has 3 heterocycles. The van der Waals surface area contributed by atoms with E-state index in [0.717, 1.165) is 18.5 Å². The number of amides is 1. The largest absolute Gasteiger partial charge is 0.448 e. The van der Waals surface area contributed by atoms with E-state index >= 15 is 0 Å². The van der Waals surface area contributed by atoms with E-state index in [1.54, 1.807) is 6.07 Å². The average molecular weight is 312 g/mol. The van der Waals surface area contributed by atoms with E-state index in [0.29, 0.717) is 23.6 Å². The second kappa shape index (κ2) is 5.51. The van der Waals surface area contributed by atoms with Gasteiger partial charge in [0.2, 0.25) is 11.5 Å². The minimum atomic E-state index is -0.341. The van der Waals surface area contributed by atoms with Crippen molar-refractivity contribution in [3.8, 4) is 0 Å². The first-order valence-electron chi connectivity index (χ1n) is 7.56. The molecule has 1 fully saturated rings. The van der Waals surface area contributed by atoms with E-state index in [2.05, 4.69) is 15.6 Å². The molecule has 0 atom stereocenters. The fraction of sp³-hybridized carbons (Fsp3) is 0.312. The van der Waals surface area contributed by atoms with Crippen LogP contribution in [0, 0.1) is 5.92 Å². The second-order valence-electron chi connectivity index (χ2n) is 5.78. The third kappa shape index (κ3) is 2.49. The smallest absolute Gasteiger partial charge is 0.297 e. The third-order valence-electron chi connectivity index (χ3n) is 4.12. The number of aromatic nitrogens is 2. The van der Waals surface area contributed by atoms with Crippen LogP contribution in [0.25, 0.3) is 22.1 Å². The molecule has 23 heavy (non-hydrogen) atoms. The highest BCUT2D eigenvalue weighted by atomic mass is 16.3. The Morgan fingerprint density at radius 3 is 3.00 bits per heavy atom. The van der Waals surface area contributed by atoms with Crippen molar-refractivity contribution in [1.82, 2.24) is 20.2 Å².